The van der Waals surface area contributed by atoms with Crippen molar-refractivity contribution >= 4 is 28.5 Å². The summed E-state index contributed by atoms with van der Waals surface area (Å²) in [4.78, 5) is 19.6. The largest absolute Gasteiger partial charge is 0.348 e. The highest BCUT2D eigenvalue weighted by Gasteiger charge is 2.25. The van der Waals surface area contributed by atoms with Gasteiger partial charge < -0.3 is 9.88 Å². The highest BCUT2D eigenvalue weighted by molar-refractivity contribution is 7.16. The van der Waals surface area contributed by atoms with Crippen molar-refractivity contribution in [3.63, 3.8) is 0 Å². The van der Waals surface area contributed by atoms with Crippen LogP contribution in [0.2, 0.25) is 0 Å². The molecule has 0 fully saturated rings. The highest BCUT2D eigenvalue weighted by Crippen LogP contribution is 2.40. The number of nitrogens with zero attached hydrogens (tertiary/aromatic N) is 2. The quantitative estimate of drug-likeness (QED) is 0.295. The second-order valence-corrected chi connectivity index (χ2v) is 10.4. The van der Waals surface area contributed by atoms with Gasteiger partial charge in [0.25, 0.3) is 5.91 Å². The predicted octanol–water partition coefficient (Wildman–Crippen LogP) is 7.02. The van der Waals surface area contributed by atoms with Crippen LogP contribution in [0, 0.1) is 20.8 Å². The molecule has 2 aromatic carbocycles. The van der Waals surface area contributed by atoms with E-state index in [2.05, 4.69) is 61.0 Å². The fourth-order valence-electron chi connectivity index (χ4n) is 4.95. The van der Waals surface area contributed by atoms with Crippen molar-refractivity contribution in [2.45, 2.75) is 53.0 Å². The zero-order valence-corrected chi connectivity index (χ0v) is 21.4. The normalized spacial score (nSPS) is 13.2. The van der Waals surface area contributed by atoms with Crippen molar-refractivity contribution < 1.29 is 4.79 Å². The van der Waals surface area contributed by atoms with E-state index >= 15 is 0 Å². The Kier molecular flexibility index (Phi) is 6.69. The number of carbonyl (C=O) groups excluding carboxylic acids is 1. The summed E-state index contributed by atoms with van der Waals surface area (Å²) >= 11 is 1.68. The first-order chi connectivity index (χ1) is 17.0. The number of aliphatic imine (C=N–C) groups is 1. The number of benzene rings is 2. The summed E-state index contributed by atoms with van der Waals surface area (Å²) in [5, 5.41) is 3.95. The van der Waals surface area contributed by atoms with Crippen LogP contribution in [-0.2, 0) is 19.4 Å². The average molecular weight is 482 g/mol. The molecule has 0 unspecified atom stereocenters. The summed E-state index contributed by atoms with van der Waals surface area (Å²) in [5.41, 5.74) is 8.85. The van der Waals surface area contributed by atoms with Gasteiger partial charge in [0.1, 0.15) is 5.00 Å². The molecule has 0 spiro atoms. The Morgan fingerprint density at radius 1 is 1.03 bits per heavy atom. The van der Waals surface area contributed by atoms with Crippen LogP contribution in [0.1, 0.15) is 61.7 Å². The standard InChI is InChI=1S/C30H31N3OS/c1-20-10-9-13-25(16-20)33-21(2)17-24(22(33)3)19-32-30-28(26-14-7-8-15-27(26)35-30)29(34)31-18-23-11-5-4-6-12-23/h4-6,9-13,16-17,19H,7-8,14-15,18H2,1-3H3,(H,31,34). The summed E-state index contributed by atoms with van der Waals surface area (Å²) in [6.45, 7) is 6.89. The number of aromatic nitrogens is 1. The van der Waals surface area contributed by atoms with E-state index in [1.807, 2.05) is 36.5 Å². The van der Waals surface area contributed by atoms with E-state index in [1.165, 1.54) is 28.1 Å². The van der Waals surface area contributed by atoms with Crippen molar-refractivity contribution in [1.29, 1.82) is 0 Å². The molecule has 1 N–H and O–H groups in total. The van der Waals surface area contributed by atoms with Gasteiger partial charge in [0.05, 0.1) is 5.56 Å². The number of amides is 1. The van der Waals surface area contributed by atoms with Gasteiger partial charge in [-0.3, -0.25) is 4.79 Å². The number of nitrogens with one attached hydrogen (secondary N) is 1. The van der Waals surface area contributed by atoms with E-state index in [1.54, 1.807) is 11.3 Å². The minimum Gasteiger partial charge on any atom is -0.348 e. The smallest absolute Gasteiger partial charge is 0.254 e. The topological polar surface area (TPSA) is 46.4 Å². The number of hydrogen-bond acceptors (Lipinski definition) is 3. The van der Waals surface area contributed by atoms with Crippen molar-refractivity contribution in [3.8, 4) is 5.69 Å². The summed E-state index contributed by atoms with van der Waals surface area (Å²) in [6.07, 6.45) is 6.23. The molecule has 4 nitrogen and oxygen atoms in total. The molecular weight excluding hydrogens is 450 g/mol. The van der Waals surface area contributed by atoms with Crippen molar-refractivity contribution in [3.05, 3.63) is 105 Å². The van der Waals surface area contributed by atoms with Crippen LogP contribution >= 0.6 is 11.3 Å². The molecule has 2 heterocycles. The van der Waals surface area contributed by atoms with Gasteiger partial charge in [0, 0.05) is 40.3 Å². The predicted molar refractivity (Wildman–Crippen MR) is 146 cm³/mol. The second-order valence-electron chi connectivity index (χ2n) is 9.32. The molecule has 1 amide bonds. The molecule has 0 radical (unpaired) electrons. The second kappa shape index (κ2) is 10.0. The van der Waals surface area contributed by atoms with Crippen LogP contribution in [0.15, 0.2) is 65.7 Å². The molecule has 4 aromatic rings. The van der Waals surface area contributed by atoms with Gasteiger partial charge in [-0.1, -0.05) is 42.5 Å². The Labute approximate surface area is 211 Å². The number of rotatable bonds is 6. The third-order valence-electron chi connectivity index (χ3n) is 6.73. The van der Waals surface area contributed by atoms with Crippen molar-refractivity contribution in [1.82, 2.24) is 9.88 Å². The first-order valence-electron chi connectivity index (χ1n) is 12.3. The molecule has 0 aliphatic heterocycles. The van der Waals surface area contributed by atoms with Crippen LogP contribution in [0.4, 0.5) is 5.00 Å². The molecule has 0 bridgehead atoms. The summed E-state index contributed by atoms with van der Waals surface area (Å²) in [6, 6.07) is 20.8. The third-order valence-corrected chi connectivity index (χ3v) is 7.93. The summed E-state index contributed by atoms with van der Waals surface area (Å²) < 4.78 is 2.27. The number of carbonyl (C=O) groups is 1. The molecule has 35 heavy (non-hydrogen) atoms. The summed E-state index contributed by atoms with van der Waals surface area (Å²) in [7, 11) is 0. The van der Waals surface area contributed by atoms with Crippen LogP contribution in [0.25, 0.3) is 5.69 Å². The Hall–Kier alpha value is -3.44. The van der Waals surface area contributed by atoms with Crippen LogP contribution in [0.5, 0.6) is 0 Å². The number of fused-ring (bicyclic) bond motifs is 1. The average Bonchev–Trinajstić information content (AvgIpc) is 3.37. The first kappa shape index (κ1) is 23.3. The fourth-order valence-corrected chi connectivity index (χ4v) is 6.18. The maximum atomic E-state index is 13.3. The van der Waals surface area contributed by atoms with E-state index in [0.717, 1.165) is 52.3 Å². The van der Waals surface area contributed by atoms with E-state index in [-0.39, 0.29) is 5.91 Å². The fraction of sp³-hybridized carbons (Fsp3) is 0.267. The number of thiophene rings is 1. The molecule has 5 rings (SSSR count). The number of aryl methyl sites for hydroxylation is 3. The van der Waals surface area contributed by atoms with E-state index in [4.69, 9.17) is 4.99 Å². The van der Waals surface area contributed by atoms with Crippen LogP contribution < -0.4 is 5.32 Å². The molecule has 0 saturated heterocycles. The lowest BCUT2D eigenvalue weighted by Crippen LogP contribution is -2.24. The van der Waals surface area contributed by atoms with Gasteiger partial charge >= 0.3 is 0 Å². The van der Waals surface area contributed by atoms with Gasteiger partial charge in [-0.2, -0.15) is 0 Å². The van der Waals surface area contributed by atoms with Gasteiger partial charge in [-0.15, -0.1) is 11.3 Å². The van der Waals surface area contributed by atoms with E-state index in [9.17, 15) is 4.79 Å². The van der Waals surface area contributed by atoms with Gasteiger partial charge in [0.2, 0.25) is 0 Å². The minimum atomic E-state index is -0.0226. The third kappa shape index (κ3) is 4.87. The first-order valence-corrected chi connectivity index (χ1v) is 13.1. The van der Waals surface area contributed by atoms with E-state index < -0.39 is 0 Å². The number of hydrogen-bond donors (Lipinski definition) is 1. The Morgan fingerprint density at radius 3 is 2.63 bits per heavy atom. The SMILES string of the molecule is Cc1cccc(-n2c(C)cc(C=Nc3sc4c(c3C(=O)NCc3ccccc3)CCCC4)c2C)c1. The monoisotopic (exact) mass is 481 g/mol. The summed E-state index contributed by atoms with van der Waals surface area (Å²) in [5.74, 6) is -0.0226. The Bertz CT molecular complexity index is 1390. The lowest BCUT2D eigenvalue weighted by atomic mass is 9.95. The molecule has 0 saturated carbocycles. The highest BCUT2D eigenvalue weighted by atomic mass is 32.1. The molecule has 178 valence electrons. The molecule has 1 aliphatic carbocycles. The zero-order valence-electron chi connectivity index (χ0n) is 20.6. The van der Waals surface area contributed by atoms with Crippen molar-refractivity contribution in [2.75, 3.05) is 0 Å². The van der Waals surface area contributed by atoms with Gasteiger partial charge in [-0.05, 0) is 81.3 Å². The minimum absolute atomic E-state index is 0.0226. The lowest BCUT2D eigenvalue weighted by Gasteiger charge is -2.12. The van der Waals surface area contributed by atoms with Crippen LogP contribution in [-0.4, -0.2) is 16.7 Å². The Balaban J connectivity index is 1.46. The maximum Gasteiger partial charge on any atom is 0.254 e. The van der Waals surface area contributed by atoms with Crippen LogP contribution in [0.3, 0.4) is 0 Å². The lowest BCUT2D eigenvalue weighted by molar-refractivity contribution is 0.0951. The van der Waals surface area contributed by atoms with Gasteiger partial charge in [-0.25, -0.2) is 4.99 Å². The maximum absolute atomic E-state index is 13.3. The zero-order chi connectivity index (χ0) is 24.4. The Morgan fingerprint density at radius 2 is 1.83 bits per heavy atom. The molecule has 5 heteroatoms. The van der Waals surface area contributed by atoms with E-state index in [0.29, 0.717) is 6.54 Å². The molecule has 0 atom stereocenters. The molecule has 2 aromatic heterocycles. The van der Waals surface area contributed by atoms with Crippen molar-refractivity contribution in [2.24, 2.45) is 4.99 Å². The molecular formula is C30H31N3OS. The molecule has 1 aliphatic rings. The van der Waals surface area contributed by atoms with Gasteiger partial charge in [0.15, 0.2) is 0 Å².